The van der Waals surface area contributed by atoms with Gasteiger partial charge in [0.25, 0.3) is 0 Å². The van der Waals surface area contributed by atoms with E-state index in [0.29, 0.717) is 0 Å². The molecule has 0 unspecified atom stereocenters. The van der Waals surface area contributed by atoms with Crippen molar-refractivity contribution >= 4 is 0 Å². The van der Waals surface area contributed by atoms with Gasteiger partial charge in [0, 0.05) is 7.11 Å². The zero-order valence-corrected chi connectivity index (χ0v) is 10.1. The molecule has 0 aliphatic carbocycles. The van der Waals surface area contributed by atoms with Crippen LogP contribution in [0.4, 0.5) is 0 Å². The summed E-state index contributed by atoms with van der Waals surface area (Å²) in [5.74, 6) is 0. The topological polar surface area (TPSA) is 20.2 Å². The van der Waals surface area contributed by atoms with Crippen LogP contribution in [0.3, 0.4) is 0 Å². The van der Waals surface area contributed by atoms with Gasteiger partial charge in [-0.05, 0) is 0 Å². The Kier molecular flexibility index (Phi) is 46.0. The Morgan fingerprint density at radius 1 is 0.909 bits per heavy atom. The number of aliphatic hydroxyl groups is 1. The first-order chi connectivity index (χ1) is 4.00. The molecule has 0 atom stereocenters. The quantitative estimate of drug-likeness (QED) is 0.469. The van der Waals surface area contributed by atoms with Crippen LogP contribution in [-0.4, -0.2) is 12.2 Å². The number of halogens is 2. The van der Waals surface area contributed by atoms with E-state index in [0.717, 1.165) is 7.11 Å². The summed E-state index contributed by atoms with van der Waals surface area (Å²) >= 11 is 0. The van der Waals surface area contributed by atoms with E-state index in [1.54, 1.807) is 0 Å². The molecule has 0 bridgehead atoms. The van der Waals surface area contributed by atoms with Crippen molar-refractivity contribution in [2.45, 2.75) is 0 Å². The fourth-order valence-electron chi connectivity index (χ4n) is 0.342. The predicted octanol–water partition coefficient (Wildman–Crippen LogP) is -4.90. The molecule has 1 rings (SSSR count). The fraction of sp³-hybridized carbons (Fsp3) is 0.143. The first-order valence-electron chi connectivity index (χ1n) is 2.36. The number of aliphatic hydroxyl groups excluding tert-OH is 1. The van der Waals surface area contributed by atoms with Crippen LogP contribution < -0.4 is 24.8 Å². The summed E-state index contributed by atoms with van der Waals surface area (Å²) < 4.78 is 0. The molecule has 4 heteroatoms. The molecule has 1 nitrogen and oxygen atoms in total. The number of benzene rings is 1. The maximum Gasteiger partial charge on any atom is 3.00 e. The summed E-state index contributed by atoms with van der Waals surface area (Å²) in [5.41, 5.74) is 0. The van der Waals surface area contributed by atoms with Crippen LogP contribution in [0.5, 0.6) is 0 Å². The molecule has 0 amide bonds. The molecule has 0 aliphatic rings. The van der Waals surface area contributed by atoms with Crippen molar-refractivity contribution in [1.82, 2.24) is 0 Å². The standard InChI is InChI=1S/C6H5.CH4O.2ClH.Zr/c1-2-4-6-5-3-1;1-2;;;/h1-5H;2H,1H3;2*1H;/q-1;;;;+3/p-2. The second-order valence-corrected chi connectivity index (χ2v) is 1.08. The molecule has 11 heavy (non-hydrogen) atoms. The Morgan fingerprint density at radius 3 is 1.36 bits per heavy atom. The number of hydrogen-bond acceptors (Lipinski definition) is 1. The molecule has 0 heterocycles. The van der Waals surface area contributed by atoms with Gasteiger partial charge in [0.05, 0.1) is 0 Å². The van der Waals surface area contributed by atoms with Crippen LogP contribution in [0.25, 0.3) is 0 Å². The Labute approximate surface area is 99.2 Å². The fourth-order valence-corrected chi connectivity index (χ4v) is 0.342. The maximum absolute atomic E-state index is 7.00. The average Bonchev–Trinajstić information content (AvgIpc) is 1.96. The van der Waals surface area contributed by atoms with Crippen LogP contribution in [-0.2, 0) is 26.2 Å². The molecular weight excluding hydrogens is 262 g/mol. The molecule has 0 fully saturated rings. The third-order valence-electron chi connectivity index (χ3n) is 0.607. The van der Waals surface area contributed by atoms with Gasteiger partial charge in [-0.2, -0.15) is 36.4 Å². The summed E-state index contributed by atoms with van der Waals surface area (Å²) in [6.45, 7) is 0. The largest absolute Gasteiger partial charge is 3.00 e. The van der Waals surface area contributed by atoms with Crippen molar-refractivity contribution in [3.63, 3.8) is 0 Å². The summed E-state index contributed by atoms with van der Waals surface area (Å²) in [6.07, 6.45) is 0. The third-order valence-corrected chi connectivity index (χ3v) is 0.607. The Hall–Kier alpha value is 0.643. The molecule has 1 aromatic carbocycles. The summed E-state index contributed by atoms with van der Waals surface area (Å²) in [7, 11) is 1.00. The van der Waals surface area contributed by atoms with Crippen LogP contribution >= 0.6 is 0 Å². The monoisotopic (exact) mass is 269 g/mol. The molecule has 0 saturated carbocycles. The second kappa shape index (κ2) is 22.4. The van der Waals surface area contributed by atoms with Crippen LogP contribution in [0.2, 0.25) is 0 Å². The van der Waals surface area contributed by atoms with Crippen molar-refractivity contribution in [2.75, 3.05) is 7.11 Å². The van der Waals surface area contributed by atoms with E-state index in [-0.39, 0.29) is 51.0 Å². The van der Waals surface area contributed by atoms with Gasteiger partial charge in [-0.25, -0.2) is 0 Å². The van der Waals surface area contributed by atoms with Crippen molar-refractivity contribution in [1.29, 1.82) is 0 Å². The molecule has 0 aromatic heterocycles. The summed E-state index contributed by atoms with van der Waals surface area (Å²) in [4.78, 5) is 0. The molecule has 0 aliphatic heterocycles. The summed E-state index contributed by atoms with van der Waals surface area (Å²) in [6, 6.07) is 12.5. The van der Waals surface area contributed by atoms with Gasteiger partial charge < -0.3 is 29.9 Å². The number of rotatable bonds is 0. The van der Waals surface area contributed by atoms with Crippen molar-refractivity contribution in [2.24, 2.45) is 0 Å². The van der Waals surface area contributed by atoms with E-state index in [2.05, 4.69) is 6.07 Å². The second-order valence-electron chi connectivity index (χ2n) is 1.08. The molecule has 1 radical (unpaired) electrons. The van der Waals surface area contributed by atoms with E-state index in [1.165, 1.54) is 0 Å². The van der Waals surface area contributed by atoms with Gasteiger partial charge in [0.2, 0.25) is 0 Å². The molecule has 61 valence electrons. The van der Waals surface area contributed by atoms with Crippen molar-refractivity contribution in [3.8, 4) is 0 Å². The van der Waals surface area contributed by atoms with E-state index in [4.69, 9.17) is 5.11 Å². The minimum atomic E-state index is 0. The normalized spacial score (nSPS) is 4.91. The predicted molar refractivity (Wildman–Crippen MR) is 33.4 cm³/mol. The van der Waals surface area contributed by atoms with E-state index in [1.807, 2.05) is 30.3 Å². The smallest absolute Gasteiger partial charge is 1.00 e. The SMILES string of the molecule is CO.[Cl-].[Cl-].[Zr+3].[c-]1ccccc1. The van der Waals surface area contributed by atoms with E-state index in [9.17, 15) is 0 Å². The summed E-state index contributed by atoms with van der Waals surface area (Å²) in [5, 5.41) is 7.00. The van der Waals surface area contributed by atoms with Gasteiger partial charge in [-0.1, -0.05) is 0 Å². The van der Waals surface area contributed by atoms with Gasteiger partial charge in [-0.15, -0.1) is 0 Å². The Morgan fingerprint density at radius 2 is 1.27 bits per heavy atom. The number of hydrogen-bond donors (Lipinski definition) is 1. The van der Waals surface area contributed by atoms with E-state index < -0.39 is 0 Å². The first kappa shape index (κ1) is 22.6. The molecule has 1 N–H and O–H groups in total. The van der Waals surface area contributed by atoms with E-state index >= 15 is 0 Å². The zero-order chi connectivity index (χ0) is 6.24. The Bertz CT molecular complexity index is 88.4. The molecular formula is C7H9Cl2OZr. The Balaban J connectivity index is -0.0000000459. The third kappa shape index (κ3) is 18.0. The molecule has 0 saturated heterocycles. The first-order valence-corrected chi connectivity index (χ1v) is 2.36. The average molecular weight is 271 g/mol. The van der Waals surface area contributed by atoms with Gasteiger partial charge in [0.1, 0.15) is 0 Å². The van der Waals surface area contributed by atoms with Gasteiger partial charge in [0.15, 0.2) is 0 Å². The van der Waals surface area contributed by atoms with Gasteiger partial charge >= 0.3 is 26.2 Å². The maximum atomic E-state index is 7.00. The van der Waals surface area contributed by atoms with Crippen LogP contribution in [0.1, 0.15) is 0 Å². The molecule has 0 spiro atoms. The van der Waals surface area contributed by atoms with Gasteiger partial charge in [-0.3, -0.25) is 0 Å². The van der Waals surface area contributed by atoms with Crippen molar-refractivity contribution in [3.05, 3.63) is 36.4 Å². The van der Waals surface area contributed by atoms with Crippen LogP contribution in [0, 0.1) is 6.07 Å². The zero-order valence-electron chi connectivity index (χ0n) is 6.09. The minimum Gasteiger partial charge on any atom is -1.00 e. The molecule has 1 aromatic rings. The minimum absolute atomic E-state index is 0. The van der Waals surface area contributed by atoms with Crippen LogP contribution in [0.15, 0.2) is 30.3 Å². The van der Waals surface area contributed by atoms with Crippen molar-refractivity contribution < 1.29 is 56.1 Å².